The highest BCUT2D eigenvalue weighted by molar-refractivity contribution is 6.00. The number of rotatable bonds is 9. The first-order chi connectivity index (χ1) is 25.4. The summed E-state index contributed by atoms with van der Waals surface area (Å²) in [6, 6.07) is 10.7. The van der Waals surface area contributed by atoms with E-state index in [-0.39, 0.29) is 56.4 Å². The Morgan fingerprint density at radius 3 is 2.26 bits per heavy atom. The van der Waals surface area contributed by atoms with Gasteiger partial charge in [0.15, 0.2) is 5.78 Å². The molecule has 0 bridgehead atoms. The van der Waals surface area contributed by atoms with Crippen molar-refractivity contribution >= 4 is 17.7 Å². The molecule has 1 aromatic rings. The van der Waals surface area contributed by atoms with Gasteiger partial charge >= 0.3 is 11.9 Å². The zero-order valence-corrected chi connectivity index (χ0v) is 34.5. The molecule has 0 amide bonds. The first-order valence-electron chi connectivity index (χ1n) is 21.9. The van der Waals surface area contributed by atoms with Gasteiger partial charge in [0, 0.05) is 23.8 Å². The average molecular weight is 738 g/mol. The highest BCUT2D eigenvalue weighted by Gasteiger charge is 2.88. The third-order valence-electron chi connectivity index (χ3n) is 19.9. The molecular formula is C48H67NO5. The fourth-order valence-electron chi connectivity index (χ4n) is 16.9. The molecule has 8 aliphatic carbocycles. The van der Waals surface area contributed by atoms with Crippen molar-refractivity contribution < 1.29 is 24.2 Å². The third kappa shape index (κ3) is 4.42. The normalized spacial score (nSPS) is 47.9. The molecule has 6 nitrogen and oxygen atoms in total. The fraction of sp³-hybridized carbons (Fsp3) is 0.771. The maximum atomic E-state index is 14.1. The molecule has 0 radical (unpaired) electrons. The Balaban J connectivity index is 0.988. The summed E-state index contributed by atoms with van der Waals surface area (Å²) < 4.78 is 6.64. The summed E-state index contributed by atoms with van der Waals surface area (Å²) >= 11 is 0. The number of benzene rings is 1. The first kappa shape index (κ1) is 37.1. The van der Waals surface area contributed by atoms with Crippen molar-refractivity contribution in [3.05, 3.63) is 47.0 Å². The van der Waals surface area contributed by atoms with Crippen LogP contribution in [0, 0.1) is 79.3 Å². The minimum atomic E-state index is -0.798. The lowest BCUT2D eigenvalue weighted by Crippen LogP contribution is -2.75. The van der Waals surface area contributed by atoms with Crippen molar-refractivity contribution in [2.45, 2.75) is 145 Å². The molecule has 4 unspecified atom stereocenters. The van der Waals surface area contributed by atoms with E-state index in [0.717, 1.165) is 44.7 Å². The Labute approximate surface area is 324 Å². The number of allylic oxidation sites excluding steroid dienone is 2. The van der Waals surface area contributed by atoms with Crippen LogP contribution in [0.4, 0.5) is 0 Å². The van der Waals surface area contributed by atoms with E-state index in [4.69, 9.17) is 4.74 Å². The lowest BCUT2D eigenvalue weighted by Gasteiger charge is -2.79. The number of carboxylic acids is 1. The Morgan fingerprint density at radius 2 is 1.57 bits per heavy atom. The van der Waals surface area contributed by atoms with E-state index in [1.54, 1.807) is 5.57 Å². The van der Waals surface area contributed by atoms with Crippen LogP contribution in [0.25, 0.3) is 0 Å². The predicted octanol–water partition coefficient (Wildman–Crippen LogP) is 9.81. The number of fused-ring (bicyclic) bond motifs is 8. The highest BCUT2D eigenvalue weighted by Crippen LogP contribution is 2.92. The van der Waals surface area contributed by atoms with Gasteiger partial charge in [0.05, 0.1) is 11.8 Å². The standard InChI is InChI=1S/C48H67NO5/c1-28(2)38-35(50)26-47(22-23-49-27-29-12-10-9-11-13-29)20-18-43(5)30(39(38)47)14-15-36-44(43,6)19-21-48-32-24-31(32)46(48,8)37(16-17-45(36,48)7)54-41(53)34-25-33(40(51)52)42(34,3)4/h9-13,28,30-34,36-37,49H,14-27H2,1-8H3,(H,51,52)/t30?,31?,32?,33-,34+,36-,37?,43+,44+,45+,46+,47+,48-/m0/s1. The first-order valence-corrected chi connectivity index (χ1v) is 21.9. The van der Waals surface area contributed by atoms with Gasteiger partial charge in [-0.2, -0.15) is 0 Å². The quantitative estimate of drug-likeness (QED) is 0.194. The van der Waals surface area contributed by atoms with Gasteiger partial charge < -0.3 is 15.2 Å². The van der Waals surface area contributed by atoms with Crippen molar-refractivity contribution in [1.82, 2.24) is 5.32 Å². The second kappa shape index (κ2) is 11.8. The van der Waals surface area contributed by atoms with E-state index in [1.165, 1.54) is 49.7 Å². The Hall–Kier alpha value is -2.47. The Morgan fingerprint density at radius 1 is 0.852 bits per heavy atom. The molecule has 0 aromatic heterocycles. The number of nitrogens with one attached hydrogen (secondary N) is 1. The van der Waals surface area contributed by atoms with E-state index < -0.39 is 17.3 Å². The minimum absolute atomic E-state index is 0.0112. The maximum absolute atomic E-state index is 14.1. The van der Waals surface area contributed by atoms with Crippen LogP contribution in [0.3, 0.4) is 0 Å². The molecule has 2 N–H and O–H groups in total. The van der Waals surface area contributed by atoms with E-state index >= 15 is 0 Å². The molecule has 7 saturated carbocycles. The van der Waals surface area contributed by atoms with Gasteiger partial charge in [-0.05, 0) is 145 Å². The average Bonchev–Trinajstić information content (AvgIpc) is 3.81. The lowest BCUT2D eigenvalue weighted by molar-refractivity contribution is -0.327. The smallest absolute Gasteiger partial charge is 0.309 e. The number of esters is 1. The van der Waals surface area contributed by atoms with Crippen LogP contribution in [-0.2, 0) is 25.7 Å². The minimum Gasteiger partial charge on any atom is -0.481 e. The van der Waals surface area contributed by atoms with Gasteiger partial charge in [0.25, 0.3) is 0 Å². The third-order valence-corrected chi connectivity index (χ3v) is 19.9. The van der Waals surface area contributed by atoms with Crippen molar-refractivity contribution in [2.75, 3.05) is 6.54 Å². The number of Topliss-reactive ketones (excluding diaryl/α,β-unsaturated/α-hetero) is 1. The molecule has 7 fully saturated rings. The van der Waals surface area contributed by atoms with E-state index in [1.807, 2.05) is 13.8 Å². The summed E-state index contributed by atoms with van der Waals surface area (Å²) in [6.07, 6.45) is 12.5. The second-order valence-electron chi connectivity index (χ2n) is 21.9. The van der Waals surface area contributed by atoms with Gasteiger partial charge in [0.1, 0.15) is 6.10 Å². The molecule has 9 rings (SSSR count). The monoisotopic (exact) mass is 738 g/mol. The van der Waals surface area contributed by atoms with Crippen molar-refractivity contribution in [3.8, 4) is 0 Å². The van der Waals surface area contributed by atoms with Crippen molar-refractivity contribution in [3.63, 3.8) is 0 Å². The molecule has 8 aliphatic rings. The molecule has 1 spiro atoms. The van der Waals surface area contributed by atoms with Gasteiger partial charge in [0.2, 0.25) is 0 Å². The summed E-state index contributed by atoms with van der Waals surface area (Å²) in [4.78, 5) is 39.8. The molecule has 0 heterocycles. The number of hydrogen-bond donors (Lipinski definition) is 2. The summed E-state index contributed by atoms with van der Waals surface area (Å²) in [7, 11) is 0. The van der Waals surface area contributed by atoms with Crippen LogP contribution in [0.1, 0.15) is 138 Å². The molecule has 0 saturated heterocycles. The number of carbonyl (C=O) groups is 3. The largest absolute Gasteiger partial charge is 0.481 e. The van der Waals surface area contributed by atoms with Crippen LogP contribution in [0.5, 0.6) is 0 Å². The fourth-order valence-corrected chi connectivity index (χ4v) is 16.9. The number of carboxylic acid groups (broad SMARTS) is 1. The van der Waals surface area contributed by atoms with Crippen molar-refractivity contribution in [2.24, 2.45) is 79.3 Å². The topological polar surface area (TPSA) is 92.7 Å². The maximum Gasteiger partial charge on any atom is 0.309 e. The molecular weight excluding hydrogens is 671 g/mol. The van der Waals surface area contributed by atoms with E-state index in [9.17, 15) is 19.5 Å². The van der Waals surface area contributed by atoms with Crippen LogP contribution in [0.15, 0.2) is 41.5 Å². The Bertz CT molecular complexity index is 1800. The molecule has 1 aromatic carbocycles. The van der Waals surface area contributed by atoms with Crippen molar-refractivity contribution in [1.29, 1.82) is 0 Å². The second-order valence-corrected chi connectivity index (χ2v) is 21.9. The number of ketones is 1. The number of ether oxygens (including phenoxy) is 1. The summed E-state index contributed by atoms with van der Waals surface area (Å²) in [5.41, 5.74) is 4.18. The van der Waals surface area contributed by atoms with Gasteiger partial charge in [-0.3, -0.25) is 14.4 Å². The summed E-state index contributed by atoms with van der Waals surface area (Å²) in [5, 5.41) is 13.5. The zero-order chi connectivity index (χ0) is 38.4. The number of aliphatic carboxylic acids is 1. The Kier molecular flexibility index (Phi) is 8.11. The number of hydrogen-bond acceptors (Lipinski definition) is 5. The zero-order valence-electron chi connectivity index (χ0n) is 34.5. The number of carbonyl (C=O) groups excluding carboxylic acids is 2. The van der Waals surface area contributed by atoms with Gasteiger partial charge in [-0.15, -0.1) is 0 Å². The highest BCUT2D eigenvalue weighted by atomic mass is 16.5. The molecule has 13 atom stereocenters. The SMILES string of the molecule is CC(C)C1=C2C3CC[C@@H]4[C@@]5(C)CCC(OC(=O)[C@H]6C[C@@H](C(=O)O)C6(C)C)[C@@]6(C)C7CC7[C@]65CC[C@@]4(C)[C@]3(C)CC[C@@]2(CCNCc2ccccc2)CC1=O. The van der Waals surface area contributed by atoms with E-state index in [2.05, 4.69) is 77.2 Å². The van der Waals surface area contributed by atoms with E-state index in [0.29, 0.717) is 36.4 Å². The summed E-state index contributed by atoms with van der Waals surface area (Å²) in [5.74, 6) is 1.37. The lowest BCUT2D eigenvalue weighted by atomic mass is 9.25. The van der Waals surface area contributed by atoms with Gasteiger partial charge in [-0.25, -0.2) is 0 Å². The van der Waals surface area contributed by atoms with Crippen LogP contribution in [-0.4, -0.2) is 35.5 Å². The predicted molar refractivity (Wildman–Crippen MR) is 210 cm³/mol. The molecule has 6 heteroatoms. The molecule has 294 valence electrons. The molecule has 54 heavy (non-hydrogen) atoms. The van der Waals surface area contributed by atoms with Gasteiger partial charge in [-0.1, -0.05) is 91.3 Å². The van der Waals surface area contributed by atoms with Crippen LogP contribution < -0.4 is 5.32 Å². The molecule has 0 aliphatic heterocycles. The van der Waals surface area contributed by atoms with Crippen LogP contribution >= 0.6 is 0 Å². The van der Waals surface area contributed by atoms with Crippen LogP contribution in [0.2, 0.25) is 0 Å². The summed E-state index contributed by atoms with van der Waals surface area (Å²) in [6.45, 7) is 20.7.